The SMILES string of the molecule is O=C(Nc1ccnc(Cl)c1)c1cccc2cccnc12. The molecule has 0 saturated heterocycles. The van der Waals surface area contributed by atoms with Crippen LogP contribution in [0.5, 0.6) is 0 Å². The molecule has 98 valence electrons. The highest BCUT2D eigenvalue weighted by Gasteiger charge is 2.11. The molecule has 3 rings (SSSR count). The van der Waals surface area contributed by atoms with Gasteiger partial charge in [0.15, 0.2) is 0 Å². The normalized spacial score (nSPS) is 10.4. The lowest BCUT2D eigenvalue weighted by Gasteiger charge is -2.07. The maximum absolute atomic E-state index is 12.3. The van der Waals surface area contributed by atoms with Crippen molar-refractivity contribution in [3.63, 3.8) is 0 Å². The van der Waals surface area contributed by atoms with Crippen LogP contribution in [0.1, 0.15) is 10.4 Å². The molecular formula is C15H10ClN3O. The molecule has 1 N–H and O–H groups in total. The Morgan fingerprint density at radius 2 is 1.90 bits per heavy atom. The molecule has 0 aliphatic carbocycles. The number of hydrogen-bond acceptors (Lipinski definition) is 3. The minimum atomic E-state index is -0.225. The van der Waals surface area contributed by atoms with Crippen LogP contribution in [0, 0.1) is 0 Å². The van der Waals surface area contributed by atoms with Crippen molar-refractivity contribution in [2.24, 2.45) is 0 Å². The number of aromatic nitrogens is 2. The zero-order chi connectivity index (χ0) is 13.9. The van der Waals surface area contributed by atoms with Gasteiger partial charge < -0.3 is 5.32 Å². The Hall–Kier alpha value is -2.46. The number of anilines is 1. The van der Waals surface area contributed by atoms with Crippen LogP contribution >= 0.6 is 11.6 Å². The summed E-state index contributed by atoms with van der Waals surface area (Å²) in [7, 11) is 0. The van der Waals surface area contributed by atoms with E-state index < -0.39 is 0 Å². The zero-order valence-electron chi connectivity index (χ0n) is 10.4. The van der Waals surface area contributed by atoms with E-state index in [-0.39, 0.29) is 5.91 Å². The molecule has 1 aromatic carbocycles. The van der Waals surface area contributed by atoms with Gasteiger partial charge in [0.2, 0.25) is 0 Å². The van der Waals surface area contributed by atoms with Gasteiger partial charge in [-0.2, -0.15) is 0 Å². The van der Waals surface area contributed by atoms with E-state index in [2.05, 4.69) is 15.3 Å². The summed E-state index contributed by atoms with van der Waals surface area (Å²) >= 11 is 5.79. The molecule has 1 amide bonds. The van der Waals surface area contributed by atoms with Crippen LogP contribution in [0.2, 0.25) is 5.15 Å². The zero-order valence-corrected chi connectivity index (χ0v) is 11.1. The summed E-state index contributed by atoms with van der Waals surface area (Å²) in [6.45, 7) is 0. The number of pyridine rings is 2. The summed E-state index contributed by atoms with van der Waals surface area (Å²) in [4.78, 5) is 20.5. The monoisotopic (exact) mass is 283 g/mol. The van der Waals surface area contributed by atoms with Crippen molar-refractivity contribution in [3.8, 4) is 0 Å². The molecular weight excluding hydrogens is 274 g/mol. The highest BCUT2D eigenvalue weighted by atomic mass is 35.5. The lowest BCUT2D eigenvalue weighted by atomic mass is 10.1. The number of benzene rings is 1. The van der Waals surface area contributed by atoms with Crippen molar-refractivity contribution >= 4 is 34.1 Å². The molecule has 0 aliphatic heterocycles. The number of fused-ring (bicyclic) bond motifs is 1. The maximum Gasteiger partial charge on any atom is 0.257 e. The minimum Gasteiger partial charge on any atom is -0.322 e. The summed E-state index contributed by atoms with van der Waals surface area (Å²) in [5.74, 6) is -0.225. The molecule has 0 fully saturated rings. The fraction of sp³-hybridized carbons (Fsp3) is 0. The van der Waals surface area contributed by atoms with Gasteiger partial charge >= 0.3 is 0 Å². The molecule has 3 aromatic rings. The van der Waals surface area contributed by atoms with Crippen molar-refractivity contribution in [1.29, 1.82) is 0 Å². The highest BCUT2D eigenvalue weighted by molar-refractivity contribution is 6.29. The molecule has 4 nitrogen and oxygen atoms in total. The number of hydrogen-bond donors (Lipinski definition) is 1. The fourth-order valence-electron chi connectivity index (χ4n) is 1.97. The van der Waals surface area contributed by atoms with Gasteiger partial charge in [-0.1, -0.05) is 29.8 Å². The minimum absolute atomic E-state index is 0.225. The van der Waals surface area contributed by atoms with Crippen LogP contribution in [-0.2, 0) is 0 Å². The van der Waals surface area contributed by atoms with E-state index in [1.54, 1.807) is 30.6 Å². The Kier molecular flexibility index (Phi) is 3.31. The predicted molar refractivity (Wildman–Crippen MR) is 78.9 cm³/mol. The van der Waals surface area contributed by atoms with Crippen molar-refractivity contribution < 1.29 is 4.79 Å². The maximum atomic E-state index is 12.3. The molecule has 0 radical (unpaired) electrons. The summed E-state index contributed by atoms with van der Waals surface area (Å²) in [5.41, 5.74) is 1.80. The quantitative estimate of drug-likeness (QED) is 0.732. The number of halogens is 1. The summed E-state index contributed by atoms with van der Waals surface area (Å²) < 4.78 is 0. The van der Waals surface area contributed by atoms with Crippen LogP contribution in [0.4, 0.5) is 5.69 Å². The largest absolute Gasteiger partial charge is 0.322 e. The average Bonchev–Trinajstić information content (AvgIpc) is 2.46. The molecule has 5 heteroatoms. The van der Waals surface area contributed by atoms with E-state index in [1.807, 2.05) is 24.3 Å². The average molecular weight is 284 g/mol. The lowest BCUT2D eigenvalue weighted by Crippen LogP contribution is -2.12. The molecule has 0 aliphatic rings. The molecule has 20 heavy (non-hydrogen) atoms. The van der Waals surface area contributed by atoms with E-state index in [0.717, 1.165) is 5.39 Å². The van der Waals surface area contributed by atoms with E-state index in [0.29, 0.717) is 21.9 Å². The van der Waals surface area contributed by atoms with E-state index in [9.17, 15) is 4.79 Å². The molecule has 0 saturated carbocycles. The van der Waals surface area contributed by atoms with Gasteiger partial charge in [-0.25, -0.2) is 4.98 Å². The first-order valence-electron chi connectivity index (χ1n) is 6.01. The standard InChI is InChI=1S/C15H10ClN3O/c16-13-9-11(6-8-17-13)19-15(20)12-5-1-3-10-4-2-7-18-14(10)12/h1-9H,(H,17,19,20). The van der Waals surface area contributed by atoms with Gasteiger partial charge in [0.05, 0.1) is 11.1 Å². The van der Waals surface area contributed by atoms with Crippen molar-refractivity contribution in [2.45, 2.75) is 0 Å². The second-order valence-corrected chi connectivity index (χ2v) is 4.59. The number of rotatable bonds is 2. The molecule has 0 unspecified atom stereocenters. The molecule has 0 spiro atoms. The summed E-state index contributed by atoms with van der Waals surface area (Å²) in [6, 6.07) is 12.5. The summed E-state index contributed by atoms with van der Waals surface area (Å²) in [5, 5.41) is 4.04. The third-order valence-corrected chi connectivity index (χ3v) is 3.07. The van der Waals surface area contributed by atoms with Gasteiger partial charge in [-0.15, -0.1) is 0 Å². The number of carbonyl (C=O) groups excluding carboxylic acids is 1. The highest BCUT2D eigenvalue weighted by Crippen LogP contribution is 2.18. The number of nitrogens with one attached hydrogen (secondary N) is 1. The van der Waals surface area contributed by atoms with E-state index in [1.165, 1.54) is 0 Å². The molecule has 2 heterocycles. The van der Waals surface area contributed by atoms with Gasteiger partial charge in [0.25, 0.3) is 5.91 Å². The Labute approximate surface area is 120 Å². The Bertz CT molecular complexity index is 783. The fourth-order valence-corrected chi connectivity index (χ4v) is 2.14. The van der Waals surface area contributed by atoms with Crippen LogP contribution in [0.3, 0.4) is 0 Å². The van der Waals surface area contributed by atoms with Crippen LogP contribution in [0.25, 0.3) is 10.9 Å². The molecule has 2 aromatic heterocycles. The number of para-hydroxylation sites is 1. The van der Waals surface area contributed by atoms with E-state index >= 15 is 0 Å². The van der Waals surface area contributed by atoms with Crippen molar-refractivity contribution in [1.82, 2.24) is 9.97 Å². The predicted octanol–water partition coefficient (Wildman–Crippen LogP) is 3.54. The van der Waals surface area contributed by atoms with Crippen molar-refractivity contribution in [2.75, 3.05) is 5.32 Å². The Morgan fingerprint density at radius 3 is 2.75 bits per heavy atom. The van der Waals surface area contributed by atoms with Crippen LogP contribution < -0.4 is 5.32 Å². The van der Waals surface area contributed by atoms with Crippen LogP contribution in [0.15, 0.2) is 54.9 Å². The first-order chi connectivity index (χ1) is 9.74. The van der Waals surface area contributed by atoms with Gasteiger partial charge in [-0.3, -0.25) is 9.78 Å². The lowest BCUT2D eigenvalue weighted by molar-refractivity contribution is 0.102. The van der Waals surface area contributed by atoms with Gasteiger partial charge in [-0.05, 0) is 24.3 Å². The van der Waals surface area contributed by atoms with Gasteiger partial charge in [0.1, 0.15) is 5.15 Å². The van der Waals surface area contributed by atoms with Gasteiger partial charge in [0, 0.05) is 23.5 Å². The third kappa shape index (κ3) is 2.46. The van der Waals surface area contributed by atoms with Crippen molar-refractivity contribution in [3.05, 3.63) is 65.6 Å². The topological polar surface area (TPSA) is 54.9 Å². The number of nitrogens with zero attached hydrogens (tertiary/aromatic N) is 2. The Balaban J connectivity index is 1.97. The number of carbonyl (C=O) groups is 1. The first kappa shape index (κ1) is 12.6. The first-order valence-corrected chi connectivity index (χ1v) is 6.38. The second-order valence-electron chi connectivity index (χ2n) is 4.20. The Morgan fingerprint density at radius 1 is 1.05 bits per heavy atom. The smallest absolute Gasteiger partial charge is 0.257 e. The number of amides is 1. The van der Waals surface area contributed by atoms with Crippen LogP contribution in [-0.4, -0.2) is 15.9 Å². The molecule has 0 atom stereocenters. The van der Waals surface area contributed by atoms with E-state index in [4.69, 9.17) is 11.6 Å². The second kappa shape index (κ2) is 5.27. The third-order valence-electron chi connectivity index (χ3n) is 2.86. The summed E-state index contributed by atoms with van der Waals surface area (Å²) in [6.07, 6.45) is 3.21. The molecule has 0 bridgehead atoms.